The number of hydrogen-bond donors (Lipinski definition) is 0. The highest BCUT2D eigenvalue weighted by Crippen LogP contribution is 2.25. The molecule has 0 spiro atoms. The van der Waals surface area contributed by atoms with Crippen LogP contribution >= 0.6 is 0 Å². The molecular formula is C17H20N2O2S. The minimum atomic E-state index is -3.37. The van der Waals surface area contributed by atoms with Crippen molar-refractivity contribution < 1.29 is 8.42 Å². The zero-order chi connectivity index (χ0) is 15.4. The number of nitrogens with zero attached hydrogens (tertiary/aromatic N) is 2. The molecule has 1 fully saturated rings. The zero-order valence-electron chi connectivity index (χ0n) is 12.4. The van der Waals surface area contributed by atoms with E-state index in [1.807, 2.05) is 24.3 Å². The quantitative estimate of drug-likeness (QED) is 0.871. The first kappa shape index (κ1) is 15.2. The highest BCUT2D eigenvalue weighted by molar-refractivity contribution is 7.89. The van der Waals surface area contributed by atoms with Gasteiger partial charge in [-0.1, -0.05) is 24.3 Å². The maximum Gasteiger partial charge on any atom is 0.243 e. The monoisotopic (exact) mass is 316 g/mol. The van der Waals surface area contributed by atoms with Crippen molar-refractivity contribution in [3.63, 3.8) is 0 Å². The molecule has 0 aliphatic carbocycles. The van der Waals surface area contributed by atoms with Gasteiger partial charge >= 0.3 is 0 Å². The van der Waals surface area contributed by atoms with Crippen LogP contribution in [0.3, 0.4) is 0 Å². The van der Waals surface area contributed by atoms with Crippen LogP contribution < -0.4 is 0 Å². The topological polar surface area (TPSA) is 50.3 Å². The molecule has 1 aromatic heterocycles. The van der Waals surface area contributed by atoms with E-state index in [0.717, 1.165) is 25.0 Å². The van der Waals surface area contributed by atoms with Crippen LogP contribution in [0.15, 0.2) is 59.6 Å². The second-order valence-corrected chi connectivity index (χ2v) is 7.65. The second-order valence-electron chi connectivity index (χ2n) is 5.71. The van der Waals surface area contributed by atoms with Crippen LogP contribution in [0.4, 0.5) is 0 Å². The number of rotatable bonds is 4. The first-order valence-electron chi connectivity index (χ1n) is 7.61. The summed E-state index contributed by atoms with van der Waals surface area (Å²) in [7, 11) is -3.37. The molecule has 3 rings (SSSR count). The van der Waals surface area contributed by atoms with Crippen LogP contribution in [0.25, 0.3) is 0 Å². The van der Waals surface area contributed by atoms with Crippen LogP contribution in [0.5, 0.6) is 0 Å². The van der Waals surface area contributed by atoms with E-state index in [4.69, 9.17) is 0 Å². The fourth-order valence-electron chi connectivity index (χ4n) is 2.97. The van der Waals surface area contributed by atoms with Gasteiger partial charge in [0.15, 0.2) is 0 Å². The van der Waals surface area contributed by atoms with Crippen molar-refractivity contribution in [2.75, 3.05) is 13.1 Å². The van der Waals surface area contributed by atoms with E-state index in [2.05, 4.69) is 4.98 Å². The van der Waals surface area contributed by atoms with Crippen LogP contribution in [-0.4, -0.2) is 30.8 Å². The fraction of sp³-hybridized carbons (Fsp3) is 0.353. The molecule has 0 bridgehead atoms. The summed E-state index contributed by atoms with van der Waals surface area (Å²) in [5.74, 6) is 0.335. The molecule has 0 saturated carbocycles. The molecule has 22 heavy (non-hydrogen) atoms. The van der Waals surface area contributed by atoms with Crippen molar-refractivity contribution in [1.82, 2.24) is 9.29 Å². The first-order chi connectivity index (χ1) is 10.7. The van der Waals surface area contributed by atoms with E-state index in [1.165, 1.54) is 0 Å². The van der Waals surface area contributed by atoms with Crippen LogP contribution in [0, 0.1) is 5.92 Å². The van der Waals surface area contributed by atoms with Gasteiger partial charge in [-0.2, -0.15) is 4.31 Å². The molecule has 2 aromatic rings. The molecule has 5 heteroatoms. The Morgan fingerprint density at radius 1 is 1.09 bits per heavy atom. The summed E-state index contributed by atoms with van der Waals surface area (Å²) in [6, 6.07) is 14.6. The Hall–Kier alpha value is -1.72. The molecule has 0 N–H and O–H groups in total. The predicted molar refractivity (Wildman–Crippen MR) is 85.9 cm³/mol. The third-order valence-corrected chi connectivity index (χ3v) is 5.97. The number of pyridine rings is 1. The predicted octanol–water partition coefficient (Wildman–Crippen LogP) is 2.73. The van der Waals surface area contributed by atoms with Crippen molar-refractivity contribution >= 4 is 10.0 Å². The Morgan fingerprint density at radius 3 is 2.59 bits per heavy atom. The maximum absolute atomic E-state index is 12.7. The SMILES string of the molecule is O=S(=O)(c1ccccc1)N1CCC[C@H](Cc2ccccn2)C1. The lowest BCUT2D eigenvalue weighted by atomic mass is 9.94. The van der Waals surface area contributed by atoms with Gasteiger partial charge in [-0.15, -0.1) is 0 Å². The molecule has 1 aliphatic heterocycles. The van der Waals surface area contributed by atoms with E-state index in [9.17, 15) is 8.42 Å². The number of aromatic nitrogens is 1. The summed E-state index contributed by atoms with van der Waals surface area (Å²) >= 11 is 0. The molecule has 0 radical (unpaired) electrons. The van der Waals surface area contributed by atoms with Crippen molar-refractivity contribution in [2.45, 2.75) is 24.2 Å². The van der Waals surface area contributed by atoms with Crippen LogP contribution in [0.1, 0.15) is 18.5 Å². The Bertz CT molecular complexity index is 702. The molecule has 1 aromatic carbocycles. The highest BCUT2D eigenvalue weighted by atomic mass is 32.2. The molecular weight excluding hydrogens is 296 g/mol. The number of piperidine rings is 1. The van der Waals surface area contributed by atoms with Crippen molar-refractivity contribution in [3.05, 3.63) is 60.4 Å². The normalized spacial score (nSPS) is 19.9. The molecule has 2 heterocycles. The zero-order valence-corrected chi connectivity index (χ0v) is 13.2. The second kappa shape index (κ2) is 6.58. The lowest BCUT2D eigenvalue weighted by Gasteiger charge is -2.31. The lowest BCUT2D eigenvalue weighted by Crippen LogP contribution is -2.40. The molecule has 1 atom stereocenters. The molecule has 0 amide bonds. The third kappa shape index (κ3) is 3.36. The van der Waals surface area contributed by atoms with Gasteiger partial charge < -0.3 is 0 Å². The highest BCUT2D eigenvalue weighted by Gasteiger charge is 2.30. The minimum absolute atomic E-state index is 0.335. The standard InChI is InChI=1S/C17H20N2O2S/c20-22(21,17-9-2-1-3-10-17)19-12-6-7-15(14-19)13-16-8-4-5-11-18-16/h1-5,8-11,15H,6-7,12-14H2/t15-/m1/s1. The molecule has 1 aliphatic rings. The summed E-state index contributed by atoms with van der Waals surface area (Å²) < 4.78 is 27.0. The third-order valence-electron chi connectivity index (χ3n) is 4.09. The summed E-state index contributed by atoms with van der Waals surface area (Å²) in [4.78, 5) is 4.73. The smallest absolute Gasteiger partial charge is 0.243 e. The first-order valence-corrected chi connectivity index (χ1v) is 9.05. The average molecular weight is 316 g/mol. The largest absolute Gasteiger partial charge is 0.261 e. The summed E-state index contributed by atoms with van der Waals surface area (Å²) in [5.41, 5.74) is 1.03. The summed E-state index contributed by atoms with van der Waals surface area (Å²) in [5, 5.41) is 0. The average Bonchev–Trinajstić information content (AvgIpc) is 2.57. The number of benzene rings is 1. The number of hydrogen-bond acceptors (Lipinski definition) is 3. The van der Waals surface area contributed by atoms with E-state index in [-0.39, 0.29) is 0 Å². The van der Waals surface area contributed by atoms with E-state index >= 15 is 0 Å². The van der Waals surface area contributed by atoms with Gasteiger partial charge in [0.05, 0.1) is 4.90 Å². The number of sulfonamides is 1. The Kier molecular flexibility index (Phi) is 4.55. The van der Waals surface area contributed by atoms with Crippen molar-refractivity contribution in [1.29, 1.82) is 0 Å². The lowest BCUT2D eigenvalue weighted by molar-refractivity contribution is 0.264. The van der Waals surface area contributed by atoms with E-state index in [0.29, 0.717) is 23.9 Å². The summed E-state index contributed by atoms with van der Waals surface area (Å²) in [6.45, 7) is 1.18. The van der Waals surface area contributed by atoms with Crippen LogP contribution in [0.2, 0.25) is 0 Å². The molecule has 1 saturated heterocycles. The van der Waals surface area contributed by atoms with Crippen LogP contribution in [-0.2, 0) is 16.4 Å². The van der Waals surface area contributed by atoms with Gasteiger partial charge in [-0.3, -0.25) is 4.98 Å². The van der Waals surface area contributed by atoms with Gasteiger partial charge in [0.2, 0.25) is 10.0 Å². The Labute approximate surface area is 131 Å². The Morgan fingerprint density at radius 2 is 1.86 bits per heavy atom. The molecule has 0 unspecified atom stereocenters. The summed E-state index contributed by atoms with van der Waals surface area (Å²) in [6.07, 6.45) is 4.58. The van der Waals surface area contributed by atoms with Gasteiger partial charge in [0, 0.05) is 25.0 Å². The van der Waals surface area contributed by atoms with E-state index in [1.54, 1.807) is 34.8 Å². The maximum atomic E-state index is 12.7. The molecule has 4 nitrogen and oxygen atoms in total. The van der Waals surface area contributed by atoms with Gasteiger partial charge in [-0.05, 0) is 49.4 Å². The molecule has 116 valence electrons. The van der Waals surface area contributed by atoms with Gasteiger partial charge in [-0.25, -0.2) is 8.42 Å². The van der Waals surface area contributed by atoms with Gasteiger partial charge in [0.1, 0.15) is 0 Å². The fourth-order valence-corrected chi connectivity index (χ4v) is 4.54. The van der Waals surface area contributed by atoms with Gasteiger partial charge in [0.25, 0.3) is 0 Å². The van der Waals surface area contributed by atoms with Crippen molar-refractivity contribution in [2.24, 2.45) is 5.92 Å². The van der Waals surface area contributed by atoms with E-state index < -0.39 is 10.0 Å². The Balaban J connectivity index is 1.73. The van der Waals surface area contributed by atoms with Crippen molar-refractivity contribution in [3.8, 4) is 0 Å². The minimum Gasteiger partial charge on any atom is -0.261 e.